The molecule has 0 aliphatic carbocycles. The summed E-state index contributed by atoms with van der Waals surface area (Å²) in [4.78, 5) is 11.4. The van der Waals surface area contributed by atoms with Crippen LogP contribution in [0.3, 0.4) is 0 Å². The summed E-state index contributed by atoms with van der Waals surface area (Å²) in [7, 11) is -1.24. The van der Waals surface area contributed by atoms with Crippen LogP contribution in [0.4, 0.5) is 17.6 Å². The van der Waals surface area contributed by atoms with Gasteiger partial charge < -0.3 is 19.0 Å². The van der Waals surface area contributed by atoms with Crippen LogP contribution in [0.25, 0.3) is 0 Å². The average Bonchev–Trinajstić information content (AvgIpc) is 2.79. The zero-order valence-electron chi connectivity index (χ0n) is 19.0. The second-order valence-corrected chi connectivity index (χ2v) is 11.7. The van der Waals surface area contributed by atoms with E-state index in [2.05, 4.69) is 4.72 Å². The highest BCUT2D eigenvalue weighted by molar-refractivity contribution is 7.90. The van der Waals surface area contributed by atoms with Crippen LogP contribution < -0.4 is 10.2 Å². The smallest absolute Gasteiger partial charge is 0.494 e. The van der Waals surface area contributed by atoms with Crippen molar-refractivity contribution in [1.29, 1.82) is 0 Å². The Morgan fingerprint density at radius 1 is 1.19 bits per heavy atom. The number of hydrogen-bond donors (Lipinski definition) is 2. The van der Waals surface area contributed by atoms with Gasteiger partial charge in [-0.15, -0.1) is 4.72 Å². The van der Waals surface area contributed by atoms with Crippen LogP contribution in [0, 0.1) is 5.82 Å². The van der Waals surface area contributed by atoms with Gasteiger partial charge in [-0.2, -0.15) is 13.2 Å². The monoisotopic (exact) mass is 481 g/mol. The largest absolute Gasteiger partial charge is 0.598 e. The van der Waals surface area contributed by atoms with Gasteiger partial charge in [0.15, 0.2) is 0 Å². The molecule has 1 fully saturated rings. The Hall–Kier alpha value is -1.34. The number of hydrogen-bond acceptors (Lipinski definition) is 5. The molecule has 1 aliphatic heterocycles. The first kappa shape index (κ1) is 26.9. The lowest BCUT2D eigenvalue weighted by atomic mass is 9.76. The predicted octanol–water partition coefficient (Wildman–Crippen LogP) is 3.71. The molecule has 12 heteroatoms. The zero-order valence-corrected chi connectivity index (χ0v) is 19.8. The molecule has 2 unspecified atom stereocenters. The van der Waals surface area contributed by atoms with Crippen molar-refractivity contribution >= 4 is 29.9 Å². The van der Waals surface area contributed by atoms with Gasteiger partial charge in [-0.05, 0) is 60.0 Å². The summed E-state index contributed by atoms with van der Waals surface area (Å²) in [5, 5.41) is 9.27. The Labute approximate surface area is 188 Å². The minimum absolute atomic E-state index is 0.119. The van der Waals surface area contributed by atoms with Crippen LogP contribution in [0.1, 0.15) is 72.1 Å². The van der Waals surface area contributed by atoms with E-state index in [0.717, 1.165) is 6.07 Å². The number of carboxylic acid groups (broad SMARTS) is 1. The second kappa shape index (κ2) is 8.79. The number of rotatable bonds is 6. The molecule has 180 valence electrons. The van der Waals surface area contributed by atoms with Gasteiger partial charge in [0.05, 0.1) is 29.2 Å². The number of benzene rings is 1. The Balaban J connectivity index is 2.64. The lowest BCUT2D eigenvalue weighted by Gasteiger charge is -2.32. The molecule has 0 radical (unpaired) electrons. The summed E-state index contributed by atoms with van der Waals surface area (Å²) in [6.07, 6.45) is -5.85. The highest BCUT2D eigenvalue weighted by Gasteiger charge is 2.52. The van der Waals surface area contributed by atoms with Gasteiger partial charge in [0, 0.05) is 16.9 Å². The first-order valence-electron chi connectivity index (χ1n) is 9.92. The molecule has 32 heavy (non-hydrogen) atoms. The van der Waals surface area contributed by atoms with Gasteiger partial charge in [-0.25, -0.2) is 4.39 Å². The standard InChI is InChI=1S/C20H28BF4NO5S/c1-17(2,3)32(29)26-14(10-15(27)28)12-8-11(9-13(16(12)22)20(23,24)25)21-30-18(4,5)19(6,7)31-21/h8-9,14,26H,10H2,1-7H3,(H,27,28). The van der Waals surface area contributed by atoms with Crippen LogP contribution in [-0.2, 0) is 31.6 Å². The molecule has 1 aromatic carbocycles. The van der Waals surface area contributed by atoms with E-state index in [-0.39, 0.29) is 5.46 Å². The Morgan fingerprint density at radius 2 is 1.69 bits per heavy atom. The molecule has 0 amide bonds. The van der Waals surface area contributed by atoms with Gasteiger partial charge in [-0.3, -0.25) is 4.79 Å². The van der Waals surface area contributed by atoms with Crippen molar-refractivity contribution < 1.29 is 41.3 Å². The van der Waals surface area contributed by atoms with Gasteiger partial charge >= 0.3 is 19.3 Å². The molecule has 6 nitrogen and oxygen atoms in total. The van der Waals surface area contributed by atoms with Gasteiger partial charge in [-0.1, -0.05) is 6.07 Å². The van der Waals surface area contributed by atoms with Crippen LogP contribution >= 0.6 is 0 Å². The third kappa shape index (κ3) is 5.77. The molecular formula is C20H28BF4NO5S. The summed E-state index contributed by atoms with van der Waals surface area (Å²) in [5.41, 5.74) is -4.01. The Morgan fingerprint density at radius 3 is 2.09 bits per heavy atom. The summed E-state index contributed by atoms with van der Waals surface area (Å²) in [5.74, 6) is -3.04. The van der Waals surface area contributed by atoms with E-state index < -0.39 is 76.0 Å². The Bertz CT molecular complexity index is 857. The van der Waals surface area contributed by atoms with Crippen LogP contribution in [0.2, 0.25) is 0 Å². The minimum atomic E-state index is -5.06. The van der Waals surface area contributed by atoms with Gasteiger partial charge in [0.25, 0.3) is 0 Å². The number of nitrogens with one attached hydrogen (secondary N) is 1. The maximum absolute atomic E-state index is 15.1. The molecule has 2 N–H and O–H groups in total. The normalized spacial score (nSPS) is 20.3. The van der Waals surface area contributed by atoms with Crippen LogP contribution in [-0.4, -0.2) is 38.7 Å². The van der Waals surface area contributed by atoms with Crippen LogP contribution in [0.5, 0.6) is 0 Å². The molecule has 0 spiro atoms. The lowest BCUT2D eigenvalue weighted by molar-refractivity contribution is -0.140. The molecule has 1 aliphatic rings. The van der Waals surface area contributed by atoms with E-state index in [1.54, 1.807) is 48.5 Å². The molecule has 0 aromatic heterocycles. The zero-order chi connectivity index (χ0) is 24.9. The lowest BCUT2D eigenvalue weighted by Crippen LogP contribution is -2.43. The number of halogens is 4. The summed E-state index contributed by atoms with van der Waals surface area (Å²) in [6.45, 7) is 11.6. The fraction of sp³-hybridized carbons (Fsp3) is 0.650. The van der Waals surface area contributed by atoms with Crippen molar-refractivity contribution in [3.63, 3.8) is 0 Å². The fourth-order valence-corrected chi connectivity index (χ4v) is 3.76. The first-order chi connectivity index (χ1) is 14.3. The SMILES string of the molecule is CC(C)(C)[S+]([O-])NC(CC(=O)O)c1cc(B2OC(C)(C)C(C)(C)O2)cc(C(F)(F)F)c1F. The first-order valence-corrected chi connectivity index (χ1v) is 11.1. The summed E-state index contributed by atoms with van der Waals surface area (Å²) < 4.78 is 81.8. The van der Waals surface area contributed by atoms with E-state index in [1.165, 1.54) is 0 Å². The maximum Gasteiger partial charge on any atom is 0.494 e. The number of aliphatic carboxylic acids is 1. The van der Waals surface area contributed by atoms with Crippen molar-refractivity contribution in [2.45, 2.75) is 83.1 Å². The Kier molecular flexibility index (Phi) is 7.39. The number of carboxylic acids is 1. The highest BCUT2D eigenvalue weighted by Crippen LogP contribution is 2.39. The van der Waals surface area contributed by atoms with E-state index in [4.69, 9.17) is 9.31 Å². The average molecular weight is 481 g/mol. The van der Waals surface area contributed by atoms with Crippen molar-refractivity contribution in [3.8, 4) is 0 Å². The highest BCUT2D eigenvalue weighted by atomic mass is 32.2. The van der Waals surface area contributed by atoms with Gasteiger partial charge in [0.1, 0.15) is 10.6 Å². The molecule has 2 atom stereocenters. The quantitative estimate of drug-likeness (QED) is 0.366. The molecule has 1 aromatic rings. The van der Waals surface area contributed by atoms with Crippen molar-refractivity contribution in [1.82, 2.24) is 4.72 Å². The van der Waals surface area contributed by atoms with E-state index >= 15 is 4.39 Å². The van der Waals surface area contributed by atoms with E-state index in [0.29, 0.717) is 6.07 Å². The number of carbonyl (C=O) groups is 1. The predicted molar refractivity (Wildman–Crippen MR) is 113 cm³/mol. The molecule has 1 saturated heterocycles. The molecule has 1 heterocycles. The third-order valence-electron chi connectivity index (χ3n) is 5.51. The molecular weight excluding hydrogens is 453 g/mol. The third-order valence-corrected chi connectivity index (χ3v) is 7.12. The summed E-state index contributed by atoms with van der Waals surface area (Å²) >= 11 is -1.88. The van der Waals surface area contributed by atoms with Crippen molar-refractivity contribution in [3.05, 3.63) is 29.1 Å². The van der Waals surface area contributed by atoms with Gasteiger partial charge in [0.2, 0.25) is 0 Å². The maximum atomic E-state index is 15.1. The molecule has 0 saturated carbocycles. The molecule has 0 bridgehead atoms. The summed E-state index contributed by atoms with van der Waals surface area (Å²) in [6, 6.07) is 0.184. The minimum Gasteiger partial charge on any atom is -0.598 e. The molecule has 2 rings (SSSR count). The van der Waals surface area contributed by atoms with E-state index in [1.807, 2.05) is 0 Å². The van der Waals surface area contributed by atoms with Crippen molar-refractivity contribution in [2.24, 2.45) is 0 Å². The van der Waals surface area contributed by atoms with Crippen LogP contribution in [0.15, 0.2) is 12.1 Å². The fourth-order valence-electron chi connectivity index (χ4n) is 2.94. The second-order valence-electron chi connectivity index (χ2n) is 9.71. The van der Waals surface area contributed by atoms with Crippen molar-refractivity contribution in [2.75, 3.05) is 0 Å². The number of alkyl halides is 3. The topological polar surface area (TPSA) is 90.9 Å². The van der Waals surface area contributed by atoms with E-state index in [9.17, 15) is 27.6 Å².